The van der Waals surface area contributed by atoms with Crippen molar-refractivity contribution in [2.24, 2.45) is 0 Å². The maximum absolute atomic E-state index is 5.89. The Labute approximate surface area is 141 Å². The fourth-order valence-corrected chi connectivity index (χ4v) is 3.41. The van der Waals surface area contributed by atoms with Crippen molar-refractivity contribution in [1.29, 1.82) is 0 Å². The topological polar surface area (TPSA) is 15.9 Å². The highest BCUT2D eigenvalue weighted by molar-refractivity contribution is 6.29. The zero-order chi connectivity index (χ0) is 15.7. The van der Waals surface area contributed by atoms with Crippen molar-refractivity contribution in [3.05, 3.63) is 101 Å². The van der Waals surface area contributed by atoms with Gasteiger partial charge in [0.05, 0.1) is 5.54 Å². The molecule has 3 aromatic rings. The summed E-state index contributed by atoms with van der Waals surface area (Å²) >= 11 is 5.89. The van der Waals surface area contributed by atoms with Crippen molar-refractivity contribution >= 4 is 11.6 Å². The SMILES string of the molecule is Clc1ccc(CN2CC2(c2ccccc2)c2ccccc2)cn1. The minimum atomic E-state index is -0.0256. The van der Waals surface area contributed by atoms with Gasteiger partial charge in [-0.15, -0.1) is 0 Å². The molecule has 4 rings (SSSR count). The monoisotopic (exact) mass is 320 g/mol. The molecule has 1 aliphatic heterocycles. The van der Waals surface area contributed by atoms with E-state index in [1.807, 2.05) is 12.3 Å². The van der Waals surface area contributed by atoms with E-state index in [0.717, 1.165) is 13.1 Å². The van der Waals surface area contributed by atoms with E-state index < -0.39 is 0 Å². The van der Waals surface area contributed by atoms with Crippen LogP contribution in [0.15, 0.2) is 79.0 Å². The highest BCUT2D eigenvalue weighted by atomic mass is 35.5. The number of halogens is 1. The molecular formula is C20H17ClN2. The Hall–Kier alpha value is -2.16. The normalized spacial score (nSPS) is 18.6. The molecule has 1 aromatic heterocycles. The standard InChI is InChI=1S/C20H17ClN2/c21-19-12-11-16(13-22-19)14-23-15-20(23,17-7-3-1-4-8-17)18-9-5-2-6-10-18/h1-13H,14-15H2. The smallest absolute Gasteiger partial charge is 0.129 e. The third kappa shape index (κ3) is 2.65. The summed E-state index contributed by atoms with van der Waals surface area (Å²) in [4.78, 5) is 6.67. The van der Waals surface area contributed by atoms with E-state index >= 15 is 0 Å². The fraction of sp³-hybridized carbons (Fsp3) is 0.150. The average Bonchev–Trinajstić information content (AvgIpc) is 3.34. The minimum Gasteiger partial charge on any atom is -0.282 e. The molecule has 2 aromatic carbocycles. The molecule has 23 heavy (non-hydrogen) atoms. The van der Waals surface area contributed by atoms with E-state index in [0.29, 0.717) is 5.15 Å². The predicted octanol–water partition coefficient (Wildman–Crippen LogP) is 4.49. The van der Waals surface area contributed by atoms with Gasteiger partial charge in [0, 0.05) is 19.3 Å². The second-order valence-electron chi connectivity index (χ2n) is 5.94. The molecule has 0 N–H and O–H groups in total. The van der Waals surface area contributed by atoms with Gasteiger partial charge in [-0.05, 0) is 22.8 Å². The van der Waals surface area contributed by atoms with Gasteiger partial charge in [0.25, 0.3) is 0 Å². The molecule has 0 radical (unpaired) electrons. The molecule has 1 aliphatic rings. The Morgan fingerprint density at radius 3 is 2.00 bits per heavy atom. The number of aromatic nitrogens is 1. The minimum absolute atomic E-state index is 0.0256. The molecule has 0 saturated carbocycles. The van der Waals surface area contributed by atoms with Crippen LogP contribution in [0, 0.1) is 0 Å². The lowest BCUT2D eigenvalue weighted by Gasteiger charge is -2.19. The summed E-state index contributed by atoms with van der Waals surface area (Å²) < 4.78 is 0. The first-order valence-electron chi connectivity index (χ1n) is 7.75. The van der Waals surface area contributed by atoms with Crippen LogP contribution in [0.1, 0.15) is 16.7 Å². The molecule has 1 saturated heterocycles. The number of nitrogens with zero attached hydrogens (tertiary/aromatic N) is 2. The maximum Gasteiger partial charge on any atom is 0.129 e. The van der Waals surface area contributed by atoms with Gasteiger partial charge in [0.1, 0.15) is 5.15 Å². The van der Waals surface area contributed by atoms with Crippen LogP contribution in [-0.4, -0.2) is 16.4 Å². The lowest BCUT2D eigenvalue weighted by atomic mass is 9.91. The van der Waals surface area contributed by atoms with E-state index in [1.165, 1.54) is 16.7 Å². The average molecular weight is 321 g/mol. The molecule has 1 fully saturated rings. The van der Waals surface area contributed by atoms with Crippen LogP contribution in [0.2, 0.25) is 5.15 Å². The summed E-state index contributed by atoms with van der Waals surface area (Å²) in [5, 5.41) is 0.539. The van der Waals surface area contributed by atoms with Crippen molar-refractivity contribution in [3.8, 4) is 0 Å². The van der Waals surface area contributed by atoms with Crippen LogP contribution in [0.5, 0.6) is 0 Å². The summed E-state index contributed by atoms with van der Waals surface area (Å²) in [6, 6.07) is 25.3. The molecule has 0 amide bonds. The molecule has 1 atom stereocenters. The van der Waals surface area contributed by atoms with Crippen LogP contribution in [-0.2, 0) is 12.1 Å². The molecule has 0 bridgehead atoms. The van der Waals surface area contributed by atoms with E-state index in [-0.39, 0.29) is 5.54 Å². The summed E-state index contributed by atoms with van der Waals surface area (Å²) in [7, 11) is 0. The van der Waals surface area contributed by atoms with Crippen molar-refractivity contribution in [1.82, 2.24) is 9.88 Å². The van der Waals surface area contributed by atoms with Crippen LogP contribution in [0.4, 0.5) is 0 Å². The third-order valence-electron chi connectivity index (χ3n) is 4.52. The molecular weight excluding hydrogens is 304 g/mol. The van der Waals surface area contributed by atoms with E-state index in [9.17, 15) is 0 Å². The van der Waals surface area contributed by atoms with Crippen LogP contribution >= 0.6 is 11.6 Å². The summed E-state index contributed by atoms with van der Waals surface area (Å²) in [6.07, 6.45) is 1.86. The molecule has 1 unspecified atom stereocenters. The van der Waals surface area contributed by atoms with Gasteiger partial charge in [0.2, 0.25) is 0 Å². The van der Waals surface area contributed by atoms with Gasteiger partial charge in [-0.3, -0.25) is 4.90 Å². The summed E-state index contributed by atoms with van der Waals surface area (Å²) in [5.41, 5.74) is 3.84. The van der Waals surface area contributed by atoms with Crippen molar-refractivity contribution in [3.63, 3.8) is 0 Å². The largest absolute Gasteiger partial charge is 0.282 e. The molecule has 0 spiro atoms. The summed E-state index contributed by atoms with van der Waals surface area (Å²) in [6.45, 7) is 1.89. The Balaban J connectivity index is 1.68. The highest BCUT2D eigenvalue weighted by Gasteiger charge is 2.54. The van der Waals surface area contributed by atoms with Gasteiger partial charge in [-0.2, -0.15) is 0 Å². The van der Waals surface area contributed by atoms with Gasteiger partial charge in [-0.1, -0.05) is 78.3 Å². The van der Waals surface area contributed by atoms with E-state index in [1.54, 1.807) is 0 Å². The first-order valence-corrected chi connectivity index (χ1v) is 8.13. The first-order chi connectivity index (χ1) is 11.3. The van der Waals surface area contributed by atoms with Crippen molar-refractivity contribution in [2.45, 2.75) is 12.1 Å². The van der Waals surface area contributed by atoms with Gasteiger partial charge in [-0.25, -0.2) is 4.98 Å². The van der Waals surface area contributed by atoms with E-state index in [4.69, 9.17) is 11.6 Å². The second-order valence-corrected chi connectivity index (χ2v) is 6.32. The Kier molecular flexibility index (Phi) is 3.64. The number of benzene rings is 2. The maximum atomic E-state index is 5.89. The van der Waals surface area contributed by atoms with Crippen LogP contribution < -0.4 is 0 Å². The second kappa shape index (κ2) is 5.80. The summed E-state index contributed by atoms with van der Waals surface area (Å²) in [5.74, 6) is 0. The van der Waals surface area contributed by atoms with Crippen LogP contribution in [0.3, 0.4) is 0 Å². The Morgan fingerprint density at radius 1 is 0.870 bits per heavy atom. The van der Waals surface area contributed by atoms with Crippen molar-refractivity contribution in [2.75, 3.05) is 6.54 Å². The zero-order valence-corrected chi connectivity index (χ0v) is 13.4. The lowest BCUT2D eigenvalue weighted by molar-refractivity contribution is 0.448. The molecule has 2 heterocycles. The number of hydrogen-bond acceptors (Lipinski definition) is 2. The molecule has 114 valence electrons. The van der Waals surface area contributed by atoms with Gasteiger partial charge < -0.3 is 0 Å². The quantitative estimate of drug-likeness (QED) is 0.520. The molecule has 0 aliphatic carbocycles. The van der Waals surface area contributed by atoms with Gasteiger partial charge >= 0.3 is 0 Å². The number of pyridine rings is 1. The first kappa shape index (κ1) is 14.4. The highest BCUT2D eigenvalue weighted by Crippen LogP contribution is 2.49. The fourth-order valence-electron chi connectivity index (χ4n) is 3.29. The van der Waals surface area contributed by atoms with E-state index in [2.05, 4.69) is 76.6 Å². The Bertz CT molecular complexity index is 745. The number of rotatable bonds is 4. The lowest BCUT2D eigenvalue weighted by Crippen LogP contribution is -2.18. The number of hydrogen-bond donors (Lipinski definition) is 0. The predicted molar refractivity (Wildman–Crippen MR) is 93.3 cm³/mol. The zero-order valence-electron chi connectivity index (χ0n) is 12.7. The van der Waals surface area contributed by atoms with Crippen LogP contribution in [0.25, 0.3) is 0 Å². The van der Waals surface area contributed by atoms with Crippen molar-refractivity contribution < 1.29 is 0 Å². The Morgan fingerprint density at radius 2 is 1.48 bits per heavy atom. The third-order valence-corrected chi connectivity index (χ3v) is 4.74. The molecule has 2 nitrogen and oxygen atoms in total. The van der Waals surface area contributed by atoms with Gasteiger partial charge in [0.15, 0.2) is 0 Å². The molecule has 3 heteroatoms.